The van der Waals surface area contributed by atoms with Crippen LogP contribution in [0.2, 0.25) is 0 Å². The Morgan fingerprint density at radius 2 is 2.08 bits per heavy atom. The fraction of sp³-hybridized carbons (Fsp3) is 0.167. The maximum absolute atomic E-state index is 12.8. The zero-order chi connectivity index (χ0) is 17.3. The molecule has 0 bridgehead atoms. The lowest BCUT2D eigenvalue weighted by molar-refractivity contribution is 0.0998. The second kappa shape index (κ2) is 6.57. The van der Waals surface area contributed by atoms with Gasteiger partial charge in [-0.05, 0) is 36.8 Å². The minimum Gasteiger partial charge on any atom is -0.365 e. The van der Waals surface area contributed by atoms with Crippen molar-refractivity contribution < 1.29 is 4.79 Å². The summed E-state index contributed by atoms with van der Waals surface area (Å²) in [6, 6.07) is 11.0. The maximum atomic E-state index is 12.8. The number of benzene rings is 1. The number of nitrogens with two attached hydrogens (primary N) is 1. The number of carbonyl (C=O) groups is 1. The van der Waals surface area contributed by atoms with Gasteiger partial charge in [0.1, 0.15) is 11.2 Å². The van der Waals surface area contributed by atoms with Crippen molar-refractivity contribution in [3.63, 3.8) is 0 Å². The SMILES string of the molecule is CCCc1c(C(N)=O)c(=O)c2cccnc2n1-c1cccc(Br)c1. The van der Waals surface area contributed by atoms with E-state index in [-0.39, 0.29) is 11.0 Å². The Hall–Kier alpha value is -2.47. The number of nitrogens with zero attached hydrogens (tertiary/aromatic N) is 2. The third kappa shape index (κ3) is 2.73. The van der Waals surface area contributed by atoms with Crippen LogP contribution in [-0.4, -0.2) is 15.5 Å². The molecule has 3 aromatic rings. The monoisotopic (exact) mass is 385 g/mol. The molecule has 2 heterocycles. The molecule has 6 heteroatoms. The van der Waals surface area contributed by atoms with Crippen molar-refractivity contribution in [3.8, 4) is 5.69 Å². The van der Waals surface area contributed by atoms with E-state index in [4.69, 9.17) is 5.73 Å². The van der Waals surface area contributed by atoms with E-state index in [9.17, 15) is 9.59 Å². The van der Waals surface area contributed by atoms with E-state index in [0.717, 1.165) is 16.6 Å². The second-order valence-electron chi connectivity index (χ2n) is 5.45. The minimum absolute atomic E-state index is 0.0392. The first-order valence-corrected chi connectivity index (χ1v) is 8.42. The average molecular weight is 386 g/mol. The smallest absolute Gasteiger partial charge is 0.254 e. The van der Waals surface area contributed by atoms with Crippen molar-refractivity contribution in [2.24, 2.45) is 5.73 Å². The lowest BCUT2D eigenvalue weighted by Gasteiger charge is -2.18. The third-order valence-electron chi connectivity index (χ3n) is 3.83. The predicted molar refractivity (Wildman–Crippen MR) is 97.6 cm³/mol. The zero-order valence-corrected chi connectivity index (χ0v) is 14.7. The average Bonchev–Trinajstić information content (AvgIpc) is 2.55. The molecule has 5 nitrogen and oxygen atoms in total. The molecule has 2 aromatic heterocycles. The quantitative estimate of drug-likeness (QED) is 0.748. The Morgan fingerprint density at radius 3 is 2.75 bits per heavy atom. The molecule has 0 atom stereocenters. The van der Waals surface area contributed by atoms with Crippen LogP contribution in [0.25, 0.3) is 16.7 Å². The standard InChI is InChI=1S/C18H16BrN3O2/c1-2-5-14-15(17(20)24)16(23)13-8-4-9-21-18(13)22(14)12-7-3-6-11(19)10-12/h3-4,6-10H,2,5H2,1H3,(H2,20,24). The number of hydrogen-bond donors (Lipinski definition) is 1. The first-order valence-electron chi connectivity index (χ1n) is 7.63. The molecule has 0 radical (unpaired) electrons. The number of hydrogen-bond acceptors (Lipinski definition) is 3. The summed E-state index contributed by atoms with van der Waals surface area (Å²) in [6.07, 6.45) is 2.95. The van der Waals surface area contributed by atoms with Crippen LogP contribution in [0, 0.1) is 0 Å². The van der Waals surface area contributed by atoms with Crippen LogP contribution < -0.4 is 11.2 Å². The normalized spacial score (nSPS) is 10.9. The van der Waals surface area contributed by atoms with Crippen LogP contribution in [0.3, 0.4) is 0 Å². The number of aromatic nitrogens is 2. The van der Waals surface area contributed by atoms with Gasteiger partial charge < -0.3 is 5.73 Å². The Bertz CT molecular complexity index is 995. The summed E-state index contributed by atoms with van der Waals surface area (Å²) in [5.41, 5.74) is 7.15. The van der Waals surface area contributed by atoms with E-state index in [2.05, 4.69) is 20.9 Å². The van der Waals surface area contributed by atoms with Gasteiger partial charge >= 0.3 is 0 Å². The van der Waals surface area contributed by atoms with Crippen LogP contribution in [0.5, 0.6) is 0 Å². The summed E-state index contributed by atoms with van der Waals surface area (Å²) in [7, 11) is 0. The molecule has 3 rings (SSSR count). The van der Waals surface area contributed by atoms with E-state index in [1.807, 2.05) is 35.8 Å². The molecule has 2 N–H and O–H groups in total. The molecular formula is C18H16BrN3O2. The van der Waals surface area contributed by atoms with Crippen molar-refractivity contribution in [2.45, 2.75) is 19.8 Å². The predicted octanol–water partition coefficient (Wildman–Crippen LogP) is 3.20. The summed E-state index contributed by atoms with van der Waals surface area (Å²) < 4.78 is 2.75. The first kappa shape index (κ1) is 16.4. The number of primary amides is 1. The van der Waals surface area contributed by atoms with Crippen LogP contribution in [0.15, 0.2) is 51.9 Å². The lowest BCUT2D eigenvalue weighted by Crippen LogP contribution is -2.28. The molecule has 122 valence electrons. The Balaban J connectivity index is 2.54. The van der Waals surface area contributed by atoms with Gasteiger partial charge in [0, 0.05) is 22.1 Å². The van der Waals surface area contributed by atoms with Gasteiger partial charge in [-0.3, -0.25) is 14.2 Å². The van der Waals surface area contributed by atoms with Gasteiger partial charge in [0.2, 0.25) is 5.43 Å². The van der Waals surface area contributed by atoms with E-state index >= 15 is 0 Å². The van der Waals surface area contributed by atoms with Gasteiger partial charge in [-0.2, -0.15) is 0 Å². The highest BCUT2D eigenvalue weighted by Gasteiger charge is 2.21. The first-order chi connectivity index (χ1) is 11.5. The van der Waals surface area contributed by atoms with Crippen LogP contribution in [0.4, 0.5) is 0 Å². The summed E-state index contributed by atoms with van der Waals surface area (Å²) in [4.78, 5) is 29.1. The van der Waals surface area contributed by atoms with E-state index < -0.39 is 5.91 Å². The lowest BCUT2D eigenvalue weighted by atomic mass is 10.0. The van der Waals surface area contributed by atoms with Crippen LogP contribution >= 0.6 is 15.9 Å². The van der Waals surface area contributed by atoms with Gasteiger partial charge in [-0.25, -0.2) is 4.98 Å². The Kier molecular flexibility index (Phi) is 4.49. The Labute approximate surface area is 147 Å². The van der Waals surface area contributed by atoms with Gasteiger partial charge in [0.25, 0.3) is 5.91 Å². The van der Waals surface area contributed by atoms with Crippen molar-refractivity contribution in [1.82, 2.24) is 9.55 Å². The summed E-state index contributed by atoms with van der Waals surface area (Å²) >= 11 is 3.46. The molecule has 0 aliphatic carbocycles. The van der Waals surface area contributed by atoms with E-state index in [1.54, 1.807) is 18.3 Å². The van der Waals surface area contributed by atoms with Gasteiger partial charge in [0.05, 0.1) is 5.39 Å². The Morgan fingerprint density at radius 1 is 1.29 bits per heavy atom. The summed E-state index contributed by atoms with van der Waals surface area (Å²) in [5, 5.41) is 0.381. The van der Waals surface area contributed by atoms with Crippen LogP contribution in [0.1, 0.15) is 29.4 Å². The fourth-order valence-electron chi connectivity index (χ4n) is 2.88. The molecule has 0 aliphatic heterocycles. The third-order valence-corrected chi connectivity index (χ3v) is 4.32. The largest absolute Gasteiger partial charge is 0.365 e. The van der Waals surface area contributed by atoms with Crippen molar-refractivity contribution in [1.29, 1.82) is 0 Å². The number of amides is 1. The van der Waals surface area contributed by atoms with Crippen LogP contribution in [-0.2, 0) is 6.42 Å². The molecule has 24 heavy (non-hydrogen) atoms. The molecular weight excluding hydrogens is 370 g/mol. The van der Waals surface area contributed by atoms with Crippen molar-refractivity contribution in [3.05, 3.63) is 68.5 Å². The second-order valence-corrected chi connectivity index (χ2v) is 6.37. The van der Waals surface area contributed by atoms with E-state index in [1.165, 1.54) is 0 Å². The number of halogens is 1. The molecule has 1 aromatic carbocycles. The van der Waals surface area contributed by atoms with Gasteiger partial charge in [-0.1, -0.05) is 35.3 Å². The number of carbonyl (C=O) groups excluding carboxylic acids is 1. The number of rotatable bonds is 4. The summed E-state index contributed by atoms with van der Waals surface area (Å²) in [5.74, 6) is -0.710. The number of pyridine rings is 2. The van der Waals surface area contributed by atoms with E-state index in [0.29, 0.717) is 23.1 Å². The van der Waals surface area contributed by atoms with Gasteiger partial charge in [0.15, 0.2) is 0 Å². The van der Waals surface area contributed by atoms with Crippen molar-refractivity contribution >= 4 is 32.9 Å². The zero-order valence-electron chi connectivity index (χ0n) is 13.1. The molecule has 1 amide bonds. The highest BCUT2D eigenvalue weighted by atomic mass is 79.9. The fourth-order valence-corrected chi connectivity index (χ4v) is 3.27. The maximum Gasteiger partial charge on any atom is 0.254 e. The molecule has 0 saturated heterocycles. The summed E-state index contributed by atoms with van der Waals surface area (Å²) in [6.45, 7) is 1.99. The molecule has 0 fully saturated rings. The highest BCUT2D eigenvalue weighted by molar-refractivity contribution is 9.10. The highest BCUT2D eigenvalue weighted by Crippen LogP contribution is 2.23. The van der Waals surface area contributed by atoms with Crippen molar-refractivity contribution in [2.75, 3.05) is 0 Å². The molecule has 0 saturated carbocycles. The molecule has 0 aliphatic rings. The van der Waals surface area contributed by atoms with Gasteiger partial charge in [-0.15, -0.1) is 0 Å². The number of fused-ring (bicyclic) bond motifs is 1. The minimum atomic E-state index is -0.710. The molecule has 0 unspecified atom stereocenters. The topological polar surface area (TPSA) is 78.0 Å². The molecule has 0 spiro atoms.